The van der Waals surface area contributed by atoms with E-state index in [9.17, 15) is 9.59 Å². The first kappa shape index (κ1) is 15.6. The van der Waals surface area contributed by atoms with Gasteiger partial charge in [0.1, 0.15) is 6.54 Å². The molecular formula is C20H24N2O2S. The SMILES string of the molecule is O=C(Cn1c(=O)sc2ccccc21)NCC12CC3CC(CC(C3)C1)C2. The van der Waals surface area contributed by atoms with Gasteiger partial charge in [-0.25, -0.2) is 0 Å². The summed E-state index contributed by atoms with van der Waals surface area (Å²) >= 11 is 1.21. The lowest BCUT2D eigenvalue weighted by molar-refractivity contribution is -0.123. The molecule has 0 atom stereocenters. The number of nitrogens with zero attached hydrogens (tertiary/aromatic N) is 1. The van der Waals surface area contributed by atoms with Crippen molar-refractivity contribution >= 4 is 27.5 Å². The number of carbonyl (C=O) groups excluding carboxylic acids is 1. The van der Waals surface area contributed by atoms with Crippen LogP contribution in [0.4, 0.5) is 0 Å². The Balaban J connectivity index is 1.28. The van der Waals surface area contributed by atoms with E-state index >= 15 is 0 Å². The highest BCUT2D eigenvalue weighted by molar-refractivity contribution is 7.16. The molecule has 6 rings (SSSR count). The van der Waals surface area contributed by atoms with Gasteiger partial charge in [-0.1, -0.05) is 23.5 Å². The van der Waals surface area contributed by atoms with Crippen molar-refractivity contribution in [3.05, 3.63) is 33.9 Å². The van der Waals surface area contributed by atoms with E-state index in [1.165, 1.54) is 49.9 Å². The van der Waals surface area contributed by atoms with Crippen LogP contribution in [0, 0.1) is 23.2 Å². The summed E-state index contributed by atoms with van der Waals surface area (Å²) in [6.45, 7) is 0.932. The van der Waals surface area contributed by atoms with Gasteiger partial charge >= 0.3 is 4.87 Å². The lowest BCUT2D eigenvalue weighted by Crippen LogP contribution is -2.51. The molecule has 0 unspecified atom stereocenters. The third-order valence-corrected chi connectivity index (χ3v) is 7.66. The van der Waals surface area contributed by atoms with Gasteiger partial charge in [-0.3, -0.25) is 14.2 Å². The molecule has 4 bridgehead atoms. The number of hydrogen-bond acceptors (Lipinski definition) is 3. The van der Waals surface area contributed by atoms with E-state index in [1.54, 1.807) is 4.57 Å². The maximum absolute atomic E-state index is 12.5. The number of nitrogens with one attached hydrogen (secondary N) is 1. The van der Waals surface area contributed by atoms with Gasteiger partial charge in [0.05, 0.1) is 10.2 Å². The van der Waals surface area contributed by atoms with Crippen molar-refractivity contribution in [2.75, 3.05) is 6.54 Å². The number of benzene rings is 1. The molecule has 1 aromatic heterocycles. The molecule has 0 spiro atoms. The van der Waals surface area contributed by atoms with Crippen LogP contribution in [-0.2, 0) is 11.3 Å². The molecule has 1 N–H and O–H groups in total. The molecular weight excluding hydrogens is 332 g/mol. The van der Waals surface area contributed by atoms with Crippen molar-refractivity contribution in [3.8, 4) is 0 Å². The smallest absolute Gasteiger partial charge is 0.308 e. The Bertz CT molecular complexity index is 846. The first-order valence-corrected chi connectivity index (χ1v) is 10.3. The average molecular weight is 356 g/mol. The number of rotatable bonds is 4. The van der Waals surface area contributed by atoms with Gasteiger partial charge in [-0.2, -0.15) is 0 Å². The zero-order chi connectivity index (χ0) is 17.0. The fraction of sp³-hybridized carbons (Fsp3) is 0.600. The number of amides is 1. The molecule has 0 saturated heterocycles. The first-order chi connectivity index (χ1) is 12.1. The highest BCUT2D eigenvalue weighted by Crippen LogP contribution is 2.59. The lowest BCUT2D eigenvalue weighted by Gasteiger charge is -2.56. The van der Waals surface area contributed by atoms with Gasteiger partial charge in [-0.15, -0.1) is 0 Å². The Morgan fingerprint density at radius 2 is 1.76 bits per heavy atom. The number of fused-ring (bicyclic) bond motifs is 1. The monoisotopic (exact) mass is 356 g/mol. The van der Waals surface area contributed by atoms with Crippen molar-refractivity contribution in [2.45, 2.75) is 45.1 Å². The molecule has 4 fully saturated rings. The second kappa shape index (κ2) is 5.70. The van der Waals surface area contributed by atoms with E-state index in [2.05, 4.69) is 5.32 Å². The summed E-state index contributed by atoms with van der Waals surface area (Å²) in [5.74, 6) is 2.66. The van der Waals surface area contributed by atoms with Crippen molar-refractivity contribution < 1.29 is 4.79 Å². The molecule has 0 aliphatic heterocycles. The molecule has 4 aliphatic carbocycles. The van der Waals surface area contributed by atoms with Crippen LogP contribution >= 0.6 is 11.3 Å². The topological polar surface area (TPSA) is 51.1 Å². The van der Waals surface area contributed by atoms with Crippen LogP contribution in [0.2, 0.25) is 0 Å². The lowest BCUT2D eigenvalue weighted by atomic mass is 9.49. The molecule has 1 heterocycles. The van der Waals surface area contributed by atoms with Crippen LogP contribution < -0.4 is 10.2 Å². The van der Waals surface area contributed by atoms with Gasteiger partial charge in [-0.05, 0) is 73.8 Å². The van der Waals surface area contributed by atoms with E-state index in [1.807, 2.05) is 24.3 Å². The highest BCUT2D eigenvalue weighted by Gasteiger charge is 2.50. The van der Waals surface area contributed by atoms with E-state index in [-0.39, 0.29) is 17.3 Å². The predicted octanol–water partition coefficient (Wildman–Crippen LogP) is 3.40. The minimum absolute atomic E-state index is 0.0265. The Morgan fingerprint density at radius 1 is 1.12 bits per heavy atom. The summed E-state index contributed by atoms with van der Waals surface area (Å²) in [5, 5.41) is 3.18. The van der Waals surface area contributed by atoms with Crippen molar-refractivity contribution in [3.63, 3.8) is 0 Å². The molecule has 1 amide bonds. The second-order valence-corrected chi connectivity index (χ2v) is 9.61. The summed E-state index contributed by atoms with van der Waals surface area (Å²) in [5.41, 5.74) is 1.20. The van der Waals surface area contributed by atoms with Crippen LogP contribution in [0.15, 0.2) is 29.1 Å². The Hall–Kier alpha value is -1.62. The molecule has 4 aliphatic rings. The zero-order valence-electron chi connectivity index (χ0n) is 14.4. The van der Waals surface area contributed by atoms with Gasteiger partial charge in [0.15, 0.2) is 0 Å². The molecule has 0 radical (unpaired) electrons. The first-order valence-electron chi connectivity index (χ1n) is 9.45. The largest absolute Gasteiger partial charge is 0.354 e. The third-order valence-electron chi connectivity index (χ3n) is 6.70. The summed E-state index contributed by atoms with van der Waals surface area (Å²) in [6.07, 6.45) is 8.14. The van der Waals surface area contributed by atoms with E-state index < -0.39 is 0 Å². The standard InChI is InChI=1S/C20H24N2O2S/c23-18(11-22-16-3-1-2-4-17(16)25-19(22)24)21-12-20-8-13-5-14(9-20)7-15(6-13)10-20/h1-4,13-15H,5-12H2,(H,21,23). The summed E-state index contributed by atoms with van der Waals surface area (Å²) < 4.78 is 2.55. The summed E-state index contributed by atoms with van der Waals surface area (Å²) in [6, 6.07) is 7.69. The second-order valence-electron chi connectivity index (χ2n) is 8.62. The van der Waals surface area contributed by atoms with Gasteiger partial charge < -0.3 is 5.32 Å². The fourth-order valence-electron chi connectivity index (χ4n) is 6.16. The van der Waals surface area contributed by atoms with E-state index in [4.69, 9.17) is 0 Å². The number of hydrogen-bond donors (Lipinski definition) is 1. The third kappa shape index (κ3) is 2.73. The van der Waals surface area contributed by atoms with Crippen LogP contribution in [0.3, 0.4) is 0 Å². The molecule has 5 heteroatoms. The van der Waals surface area contributed by atoms with Crippen LogP contribution in [-0.4, -0.2) is 17.0 Å². The molecule has 1 aromatic carbocycles. The maximum atomic E-state index is 12.5. The van der Waals surface area contributed by atoms with Crippen molar-refractivity contribution in [2.24, 2.45) is 23.2 Å². The highest BCUT2D eigenvalue weighted by atomic mass is 32.1. The molecule has 4 saturated carbocycles. The van der Waals surface area contributed by atoms with Crippen LogP contribution in [0.25, 0.3) is 10.2 Å². The number of carbonyl (C=O) groups is 1. The Labute approximate surface area is 151 Å². The molecule has 4 nitrogen and oxygen atoms in total. The Kier molecular flexibility index (Phi) is 3.56. The molecule has 25 heavy (non-hydrogen) atoms. The van der Waals surface area contributed by atoms with E-state index in [0.717, 1.165) is 34.5 Å². The maximum Gasteiger partial charge on any atom is 0.308 e. The van der Waals surface area contributed by atoms with Crippen molar-refractivity contribution in [1.82, 2.24) is 9.88 Å². The molecule has 2 aromatic rings. The average Bonchev–Trinajstić information content (AvgIpc) is 2.88. The normalized spacial score (nSPS) is 33.0. The molecule has 132 valence electrons. The number of aromatic nitrogens is 1. The zero-order valence-corrected chi connectivity index (χ0v) is 15.2. The minimum atomic E-state index is -0.0499. The minimum Gasteiger partial charge on any atom is -0.354 e. The summed E-state index contributed by atoms with van der Waals surface area (Å²) in [4.78, 5) is 24.7. The number of para-hydroxylation sites is 1. The Morgan fingerprint density at radius 3 is 2.44 bits per heavy atom. The predicted molar refractivity (Wildman–Crippen MR) is 99.7 cm³/mol. The fourth-order valence-corrected chi connectivity index (χ4v) is 7.05. The van der Waals surface area contributed by atoms with Gasteiger partial charge in [0.25, 0.3) is 0 Å². The number of thiazole rings is 1. The van der Waals surface area contributed by atoms with Crippen LogP contribution in [0.5, 0.6) is 0 Å². The quantitative estimate of drug-likeness (QED) is 0.913. The van der Waals surface area contributed by atoms with Gasteiger partial charge in [0.2, 0.25) is 5.91 Å². The van der Waals surface area contributed by atoms with E-state index in [0.29, 0.717) is 5.41 Å². The van der Waals surface area contributed by atoms with Gasteiger partial charge in [0, 0.05) is 6.54 Å². The van der Waals surface area contributed by atoms with Crippen molar-refractivity contribution in [1.29, 1.82) is 0 Å². The summed E-state index contributed by atoms with van der Waals surface area (Å²) in [7, 11) is 0. The van der Waals surface area contributed by atoms with Crippen LogP contribution in [0.1, 0.15) is 38.5 Å².